The highest BCUT2D eigenvalue weighted by Crippen LogP contribution is 2.32. The van der Waals surface area contributed by atoms with Crippen LogP contribution in [-0.2, 0) is 33.9 Å². The second-order valence-corrected chi connectivity index (χ2v) is 15.4. The van der Waals surface area contributed by atoms with Crippen LogP contribution in [0, 0.1) is 0 Å². The topological polar surface area (TPSA) is 95.5 Å². The van der Waals surface area contributed by atoms with Crippen molar-refractivity contribution in [3.05, 3.63) is 143 Å². The molecule has 0 spiro atoms. The fourth-order valence-electron chi connectivity index (χ4n) is 6.31. The van der Waals surface area contributed by atoms with Crippen LogP contribution < -0.4 is 5.32 Å². The van der Waals surface area contributed by atoms with Crippen LogP contribution >= 0.6 is 22.7 Å². The SMILES string of the molecule is CCCN(Cc1ncc(-c2ccc(-c3ccc(-c4cnc(CN(CCC)C(=O)[C@@H](NC(C)=O)c5ccccc5)s4)cc3)cc2)s1)C(=O)Cc1ccccc1. The van der Waals surface area contributed by atoms with Crippen molar-refractivity contribution in [2.24, 2.45) is 0 Å². The number of hydrogen-bond acceptors (Lipinski definition) is 7. The van der Waals surface area contributed by atoms with Crippen LogP contribution in [0.25, 0.3) is 32.0 Å². The van der Waals surface area contributed by atoms with Crippen LogP contribution in [0.1, 0.15) is 60.8 Å². The minimum Gasteiger partial charge on any atom is -0.341 e. The summed E-state index contributed by atoms with van der Waals surface area (Å²) < 4.78 is 0. The Morgan fingerprint density at radius 1 is 0.630 bits per heavy atom. The lowest BCUT2D eigenvalue weighted by molar-refractivity contribution is -0.137. The maximum atomic E-state index is 13.7. The summed E-state index contributed by atoms with van der Waals surface area (Å²) in [7, 11) is 0. The predicted octanol–water partition coefficient (Wildman–Crippen LogP) is 9.20. The molecule has 8 nitrogen and oxygen atoms in total. The lowest BCUT2D eigenvalue weighted by Crippen LogP contribution is -2.42. The number of carbonyl (C=O) groups excluding carboxylic acids is 3. The molecule has 2 aromatic heterocycles. The first kappa shape index (κ1) is 38.3. The molecule has 10 heteroatoms. The van der Waals surface area contributed by atoms with Crippen molar-refractivity contribution in [1.82, 2.24) is 25.1 Å². The van der Waals surface area contributed by atoms with Gasteiger partial charge in [-0.2, -0.15) is 0 Å². The second kappa shape index (κ2) is 18.5. The molecule has 0 bridgehead atoms. The minimum atomic E-state index is -0.750. The van der Waals surface area contributed by atoms with Gasteiger partial charge in [-0.05, 0) is 46.2 Å². The van der Waals surface area contributed by atoms with Crippen molar-refractivity contribution in [3.63, 3.8) is 0 Å². The van der Waals surface area contributed by atoms with Gasteiger partial charge in [-0.15, -0.1) is 22.7 Å². The molecule has 0 saturated carbocycles. The molecule has 0 aliphatic carbocycles. The fourth-order valence-corrected chi connectivity index (χ4v) is 8.19. The van der Waals surface area contributed by atoms with Crippen molar-refractivity contribution in [2.75, 3.05) is 13.1 Å². The molecule has 2 heterocycles. The molecular formula is C44H45N5O3S2. The van der Waals surface area contributed by atoms with E-state index in [0.717, 1.165) is 66.0 Å². The Morgan fingerprint density at radius 3 is 1.59 bits per heavy atom. The van der Waals surface area contributed by atoms with E-state index in [-0.39, 0.29) is 17.7 Å². The zero-order valence-corrected chi connectivity index (χ0v) is 32.5. The lowest BCUT2D eigenvalue weighted by Gasteiger charge is -2.27. The van der Waals surface area contributed by atoms with E-state index >= 15 is 0 Å². The van der Waals surface area contributed by atoms with Crippen LogP contribution in [0.15, 0.2) is 122 Å². The molecule has 276 valence electrons. The molecular weight excluding hydrogens is 711 g/mol. The third-order valence-electron chi connectivity index (χ3n) is 9.01. The van der Waals surface area contributed by atoms with Crippen molar-refractivity contribution >= 4 is 40.4 Å². The Morgan fingerprint density at radius 2 is 1.09 bits per heavy atom. The molecule has 1 N–H and O–H groups in total. The summed E-state index contributed by atoms with van der Waals surface area (Å²) in [6.45, 7) is 7.70. The fraction of sp³-hybridized carbons (Fsp3) is 0.250. The van der Waals surface area contributed by atoms with Gasteiger partial charge in [-0.1, -0.05) is 123 Å². The Labute approximate surface area is 325 Å². The average molecular weight is 756 g/mol. The van der Waals surface area contributed by atoms with Crippen molar-refractivity contribution < 1.29 is 14.4 Å². The number of nitrogens with zero attached hydrogens (tertiary/aromatic N) is 4. The first-order chi connectivity index (χ1) is 26.3. The molecule has 0 fully saturated rings. The highest BCUT2D eigenvalue weighted by Gasteiger charge is 2.27. The van der Waals surface area contributed by atoms with Gasteiger partial charge in [0.05, 0.1) is 29.3 Å². The molecule has 4 aromatic carbocycles. The summed E-state index contributed by atoms with van der Waals surface area (Å²) in [6, 6.07) is 35.4. The molecule has 3 amide bonds. The maximum Gasteiger partial charge on any atom is 0.250 e. The molecule has 0 unspecified atom stereocenters. The van der Waals surface area contributed by atoms with Gasteiger partial charge in [0.25, 0.3) is 0 Å². The number of amides is 3. The van der Waals surface area contributed by atoms with Gasteiger partial charge >= 0.3 is 0 Å². The summed E-state index contributed by atoms with van der Waals surface area (Å²) in [5.41, 5.74) is 6.15. The van der Waals surface area contributed by atoms with Crippen LogP contribution in [0.5, 0.6) is 0 Å². The van der Waals surface area contributed by atoms with E-state index in [1.807, 2.05) is 84.9 Å². The van der Waals surface area contributed by atoms with Crippen LogP contribution in [-0.4, -0.2) is 50.6 Å². The maximum absolute atomic E-state index is 13.7. The molecule has 0 aliphatic heterocycles. The second-order valence-electron chi connectivity index (χ2n) is 13.2. The lowest BCUT2D eigenvalue weighted by atomic mass is 10.0. The normalized spacial score (nSPS) is 11.5. The molecule has 54 heavy (non-hydrogen) atoms. The van der Waals surface area contributed by atoms with E-state index in [9.17, 15) is 14.4 Å². The zero-order valence-electron chi connectivity index (χ0n) is 30.9. The number of aromatic nitrogens is 2. The number of carbonyl (C=O) groups is 3. The van der Waals surface area contributed by atoms with Crippen molar-refractivity contribution in [3.8, 4) is 32.0 Å². The number of thiazole rings is 2. The smallest absolute Gasteiger partial charge is 0.250 e. The Hall–Kier alpha value is -5.45. The van der Waals surface area contributed by atoms with E-state index in [4.69, 9.17) is 0 Å². The Balaban J connectivity index is 1.08. The molecule has 0 aliphatic rings. The quantitative estimate of drug-likeness (QED) is 0.106. The van der Waals surface area contributed by atoms with Crippen LogP contribution in [0.2, 0.25) is 0 Å². The van der Waals surface area contributed by atoms with E-state index in [1.54, 1.807) is 27.6 Å². The number of hydrogen-bond donors (Lipinski definition) is 1. The van der Waals surface area contributed by atoms with Gasteiger partial charge < -0.3 is 15.1 Å². The van der Waals surface area contributed by atoms with Gasteiger partial charge in [0.1, 0.15) is 16.1 Å². The highest BCUT2D eigenvalue weighted by atomic mass is 32.1. The monoisotopic (exact) mass is 755 g/mol. The van der Waals surface area contributed by atoms with Gasteiger partial charge in [0.2, 0.25) is 17.7 Å². The standard InChI is InChI=1S/C44H45N5O3S2/c1-4-24-48(42(51)26-32-12-8-6-9-13-32)29-40-45-27-38(53-40)35-20-16-33(17-21-35)34-18-22-36(23-19-34)39-28-46-41(54-39)30-49(25-5-2)44(52)43(47-31(3)50)37-14-10-7-11-15-37/h6-23,27-28,43H,4-5,24-26,29-30H2,1-3H3,(H,47,50)/t43-/m0/s1. The molecule has 0 radical (unpaired) electrons. The molecule has 1 atom stereocenters. The first-order valence-corrected chi connectivity index (χ1v) is 20.0. The van der Waals surface area contributed by atoms with E-state index in [1.165, 1.54) is 6.92 Å². The van der Waals surface area contributed by atoms with Crippen LogP contribution in [0.3, 0.4) is 0 Å². The van der Waals surface area contributed by atoms with E-state index in [2.05, 4.69) is 70.7 Å². The van der Waals surface area contributed by atoms with E-state index < -0.39 is 6.04 Å². The van der Waals surface area contributed by atoms with Gasteiger partial charge in [0.15, 0.2) is 0 Å². The Kier molecular flexibility index (Phi) is 13.1. The summed E-state index contributed by atoms with van der Waals surface area (Å²) >= 11 is 3.20. The Bertz CT molecular complexity index is 2130. The zero-order chi connectivity index (χ0) is 37.9. The third-order valence-corrected chi connectivity index (χ3v) is 11.1. The predicted molar refractivity (Wildman–Crippen MR) is 219 cm³/mol. The minimum absolute atomic E-state index is 0.119. The molecule has 6 rings (SSSR count). The average Bonchev–Trinajstić information content (AvgIpc) is 3.87. The largest absolute Gasteiger partial charge is 0.341 e. The van der Waals surface area contributed by atoms with E-state index in [0.29, 0.717) is 32.6 Å². The molecule has 0 saturated heterocycles. The van der Waals surface area contributed by atoms with Gasteiger partial charge in [0, 0.05) is 32.4 Å². The highest BCUT2D eigenvalue weighted by molar-refractivity contribution is 7.15. The number of benzene rings is 4. The summed E-state index contributed by atoms with van der Waals surface area (Å²) in [4.78, 5) is 54.0. The number of nitrogens with one attached hydrogen (secondary N) is 1. The first-order valence-electron chi connectivity index (χ1n) is 18.3. The summed E-state index contributed by atoms with van der Waals surface area (Å²) in [5.74, 6) is -0.280. The third kappa shape index (κ3) is 9.94. The number of rotatable bonds is 16. The summed E-state index contributed by atoms with van der Waals surface area (Å²) in [6.07, 6.45) is 5.84. The van der Waals surface area contributed by atoms with Crippen molar-refractivity contribution in [1.29, 1.82) is 0 Å². The van der Waals surface area contributed by atoms with Gasteiger partial charge in [-0.25, -0.2) is 9.97 Å². The van der Waals surface area contributed by atoms with Crippen LogP contribution in [0.4, 0.5) is 0 Å². The molecule has 6 aromatic rings. The van der Waals surface area contributed by atoms with Crippen molar-refractivity contribution in [2.45, 2.75) is 59.2 Å². The van der Waals surface area contributed by atoms with Gasteiger partial charge in [-0.3, -0.25) is 14.4 Å². The summed E-state index contributed by atoms with van der Waals surface area (Å²) in [5, 5.41) is 4.61.